The summed E-state index contributed by atoms with van der Waals surface area (Å²) in [7, 11) is 4.48. The Morgan fingerprint density at radius 3 is 2.55 bits per heavy atom. The van der Waals surface area contributed by atoms with Crippen LogP contribution >= 0.6 is 24.8 Å². The number of aryl methyl sites for hydroxylation is 1. The van der Waals surface area contributed by atoms with E-state index in [1.54, 1.807) is 0 Å². The molecule has 0 amide bonds. The normalized spacial score (nSPS) is 25.1. The highest BCUT2D eigenvalue weighted by Crippen LogP contribution is 2.42. The lowest BCUT2D eigenvalue weighted by molar-refractivity contribution is 0.232. The summed E-state index contributed by atoms with van der Waals surface area (Å²) in [5.74, 6) is 3.10. The molecule has 1 aliphatic heterocycles. The smallest absolute Gasteiger partial charge is 0.122 e. The molecule has 2 aliphatic rings. The van der Waals surface area contributed by atoms with Gasteiger partial charge in [0.1, 0.15) is 5.82 Å². The molecule has 4 nitrogen and oxygen atoms in total. The summed E-state index contributed by atoms with van der Waals surface area (Å²) in [4.78, 5) is 9.61. The molecule has 1 aromatic heterocycles. The van der Waals surface area contributed by atoms with Gasteiger partial charge in [0, 0.05) is 38.1 Å². The van der Waals surface area contributed by atoms with Gasteiger partial charge in [0.25, 0.3) is 0 Å². The molecule has 0 unspecified atom stereocenters. The van der Waals surface area contributed by atoms with E-state index in [9.17, 15) is 0 Å². The van der Waals surface area contributed by atoms with E-state index in [4.69, 9.17) is 0 Å². The Hall–Kier alpha value is -0.290. The zero-order valence-electron chi connectivity index (χ0n) is 13.9. The highest BCUT2D eigenvalue weighted by molar-refractivity contribution is 5.85. The average Bonchev–Trinajstić information content (AvgIpc) is 3.03. The molecule has 22 heavy (non-hydrogen) atoms. The van der Waals surface area contributed by atoms with Crippen molar-refractivity contribution in [2.75, 3.05) is 27.2 Å². The van der Waals surface area contributed by atoms with Crippen LogP contribution in [0.15, 0.2) is 12.4 Å². The van der Waals surface area contributed by atoms with Gasteiger partial charge < -0.3 is 9.47 Å². The van der Waals surface area contributed by atoms with E-state index < -0.39 is 0 Å². The van der Waals surface area contributed by atoms with Gasteiger partial charge in [-0.05, 0) is 45.2 Å². The number of hydrogen-bond donors (Lipinski definition) is 0. The monoisotopic (exact) mass is 348 g/mol. The van der Waals surface area contributed by atoms with Crippen LogP contribution in [0.25, 0.3) is 0 Å². The van der Waals surface area contributed by atoms with Crippen molar-refractivity contribution in [3.8, 4) is 0 Å². The Morgan fingerprint density at radius 1 is 1.23 bits per heavy atom. The van der Waals surface area contributed by atoms with Crippen LogP contribution in [0.4, 0.5) is 0 Å². The summed E-state index contributed by atoms with van der Waals surface area (Å²) in [5.41, 5.74) is 0. The molecule has 1 saturated carbocycles. The Morgan fingerprint density at radius 2 is 1.95 bits per heavy atom. The van der Waals surface area contributed by atoms with Gasteiger partial charge in [-0.25, -0.2) is 4.98 Å². The topological polar surface area (TPSA) is 24.3 Å². The zero-order chi connectivity index (χ0) is 14.1. The molecular weight excluding hydrogens is 319 g/mol. The molecule has 1 aliphatic carbocycles. The molecule has 128 valence electrons. The highest BCUT2D eigenvalue weighted by atomic mass is 35.5. The van der Waals surface area contributed by atoms with E-state index in [1.807, 2.05) is 6.20 Å². The second-order valence-electron chi connectivity index (χ2n) is 6.76. The second-order valence-corrected chi connectivity index (χ2v) is 6.76. The molecule has 0 radical (unpaired) electrons. The van der Waals surface area contributed by atoms with Gasteiger partial charge in [-0.1, -0.05) is 6.92 Å². The number of hydrogen-bond acceptors (Lipinski definition) is 3. The van der Waals surface area contributed by atoms with Gasteiger partial charge in [-0.3, -0.25) is 4.90 Å². The third-order valence-corrected chi connectivity index (χ3v) is 4.93. The maximum atomic E-state index is 4.56. The number of rotatable bonds is 6. The molecule has 0 spiro atoms. The van der Waals surface area contributed by atoms with Gasteiger partial charge in [0.05, 0.1) is 6.54 Å². The van der Waals surface area contributed by atoms with Crippen molar-refractivity contribution in [1.29, 1.82) is 0 Å². The van der Waals surface area contributed by atoms with E-state index in [1.165, 1.54) is 38.2 Å². The summed E-state index contributed by atoms with van der Waals surface area (Å²) in [6.07, 6.45) is 8.15. The molecule has 0 bridgehead atoms. The molecule has 1 saturated heterocycles. The standard InChI is InChI=1S/C16H28N4.2ClH/c1-4-8-20-9-7-17-16(20)12-19-10-14(13-5-6-13)15(11-19)18(2)3;;/h7,9,13-15H,4-6,8,10-12H2,1-3H3;2*1H/t14-,15+;;/m1../s1. The number of nitrogens with zero attached hydrogens (tertiary/aromatic N) is 4. The van der Waals surface area contributed by atoms with Crippen LogP contribution in [0.5, 0.6) is 0 Å². The first kappa shape index (κ1) is 19.8. The first-order chi connectivity index (χ1) is 9.69. The fourth-order valence-electron chi connectivity index (χ4n) is 3.69. The SMILES string of the molecule is CCCn1ccnc1CN1C[C@H](C2CC2)[C@@H](N(C)C)C1.Cl.Cl. The average molecular weight is 349 g/mol. The summed E-state index contributed by atoms with van der Waals surface area (Å²) in [6, 6.07) is 0.733. The Balaban J connectivity index is 0.00000121. The van der Waals surface area contributed by atoms with Crippen LogP contribution in [0.1, 0.15) is 32.0 Å². The van der Waals surface area contributed by atoms with Crippen molar-refractivity contribution < 1.29 is 0 Å². The van der Waals surface area contributed by atoms with Crippen molar-refractivity contribution in [3.63, 3.8) is 0 Å². The molecule has 0 aromatic carbocycles. The molecule has 2 fully saturated rings. The van der Waals surface area contributed by atoms with Crippen LogP contribution in [0.2, 0.25) is 0 Å². The van der Waals surface area contributed by atoms with Crippen molar-refractivity contribution in [1.82, 2.24) is 19.4 Å². The lowest BCUT2D eigenvalue weighted by Crippen LogP contribution is -2.36. The lowest BCUT2D eigenvalue weighted by atomic mass is 9.97. The first-order valence-corrected chi connectivity index (χ1v) is 8.07. The van der Waals surface area contributed by atoms with Crippen molar-refractivity contribution >= 4 is 24.8 Å². The van der Waals surface area contributed by atoms with E-state index in [0.717, 1.165) is 31.0 Å². The van der Waals surface area contributed by atoms with E-state index >= 15 is 0 Å². The Labute approximate surface area is 147 Å². The number of likely N-dealkylation sites (tertiary alicyclic amines) is 1. The van der Waals surface area contributed by atoms with Gasteiger partial charge in [0.15, 0.2) is 0 Å². The van der Waals surface area contributed by atoms with Gasteiger partial charge in [-0.2, -0.15) is 0 Å². The number of halogens is 2. The van der Waals surface area contributed by atoms with Gasteiger partial charge in [0.2, 0.25) is 0 Å². The predicted molar refractivity (Wildman–Crippen MR) is 96.0 cm³/mol. The maximum Gasteiger partial charge on any atom is 0.122 e. The first-order valence-electron chi connectivity index (χ1n) is 8.07. The van der Waals surface area contributed by atoms with Crippen LogP contribution in [-0.4, -0.2) is 52.6 Å². The minimum absolute atomic E-state index is 0. The summed E-state index contributed by atoms with van der Waals surface area (Å²) in [5, 5.41) is 0. The van der Waals surface area contributed by atoms with Crippen LogP contribution < -0.4 is 0 Å². The van der Waals surface area contributed by atoms with Gasteiger partial charge in [-0.15, -0.1) is 24.8 Å². The van der Waals surface area contributed by atoms with E-state index in [2.05, 4.69) is 46.6 Å². The number of aromatic nitrogens is 2. The molecule has 1 aromatic rings. The highest BCUT2D eigenvalue weighted by Gasteiger charge is 2.43. The fraction of sp³-hybridized carbons (Fsp3) is 0.812. The minimum atomic E-state index is 0. The van der Waals surface area contributed by atoms with E-state index in [0.29, 0.717) is 0 Å². The number of imidazole rings is 1. The van der Waals surface area contributed by atoms with Gasteiger partial charge >= 0.3 is 0 Å². The summed E-state index contributed by atoms with van der Waals surface area (Å²) in [6.45, 7) is 6.79. The third-order valence-electron chi connectivity index (χ3n) is 4.93. The molecule has 2 atom stereocenters. The fourth-order valence-corrected chi connectivity index (χ4v) is 3.69. The largest absolute Gasteiger partial charge is 0.334 e. The lowest BCUT2D eigenvalue weighted by Gasteiger charge is -2.25. The van der Waals surface area contributed by atoms with E-state index in [-0.39, 0.29) is 24.8 Å². The Bertz CT molecular complexity index is 435. The third kappa shape index (κ3) is 4.38. The molecule has 0 N–H and O–H groups in total. The molecule has 6 heteroatoms. The summed E-state index contributed by atoms with van der Waals surface area (Å²) >= 11 is 0. The molecule has 2 heterocycles. The van der Waals surface area contributed by atoms with Crippen molar-refractivity contribution in [3.05, 3.63) is 18.2 Å². The van der Waals surface area contributed by atoms with Crippen LogP contribution in [0.3, 0.4) is 0 Å². The number of likely N-dealkylation sites (N-methyl/N-ethyl adjacent to an activating group) is 1. The summed E-state index contributed by atoms with van der Waals surface area (Å²) < 4.78 is 2.31. The molecular formula is C16H30Cl2N4. The quantitative estimate of drug-likeness (QED) is 0.789. The Kier molecular flexibility index (Phi) is 7.66. The maximum absolute atomic E-state index is 4.56. The van der Waals surface area contributed by atoms with Crippen LogP contribution in [0, 0.1) is 11.8 Å². The van der Waals surface area contributed by atoms with Crippen LogP contribution in [-0.2, 0) is 13.1 Å². The minimum Gasteiger partial charge on any atom is -0.334 e. The van der Waals surface area contributed by atoms with Crippen molar-refractivity contribution in [2.45, 2.75) is 45.3 Å². The second kappa shape index (κ2) is 8.53. The zero-order valence-corrected chi connectivity index (χ0v) is 15.6. The van der Waals surface area contributed by atoms with Crippen molar-refractivity contribution in [2.24, 2.45) is 11.8 Å². The predicted octanol–water partition coefficient (Wildman–Crippen LogP) is 2.91. The molecule has 3 rings (SSSR count).